The lowest BCUT2D eigenvalue weighted by Crippen LogP contribution is -2.27. The molecular weight excluding hydrogens is 429 g/mol. The highest BCUT2D eigenvalue weighted by Gasteiger charge is 2.07. The van der Waals surface area contributed by atoms with Crippen LogP contribution in [0.25, 0.3) is 11.1 Å². The third kappa shape index (κ3) is 11.2. The topological polar surface area (TPSA) is 32.7 Å². The average Bonchev–Trinajstić information content (AvgIpc) is 2.78. The lowest BCUT2D eigenvalue weighted by molar-refractivity contribution is 0.199. The van der Waals surface area contributed by atoms with Crippen molar-refractivity contribution in [3.63, 3.8) is 0 Å². The van der Waals surface area contributed by atoms with Crippen molar-refractivity contribution in [2.45, 2.75) is 58.3 Å². The van der Waals surface area contributed by atoms with Crippen LogP contribution in [0, 0.1) is 0 Å². The van der Waals surface area contributed by atoms with Gasteiger partial charge in [0.2, 0.25) is 0 Å². The van der Waals surface area contributed by atoms with E-state index < -0.39 is 0 Å². The molecule has 0 fully saturated rings. The van der Waals surface area contributed by atoms with Gasteiger partial charge in [-0.1, -0.05) is 87.4 Å². The maximum Gasteiger partial charge on any atom is 0.127 e. The average molecular weight is 469 g/mol. The highest BCUT2D eigenvalue weighted by molar-refractivity contribution is 6.31. The smallest absolute Gasteiger partial charge is 0.127 e. The minimum absolute atomic E-state index is 0. The Kier molecular flexibility index (Phi) is 15.5. The number of hydrogen-bond donors (Lipinski definition) is 1. The molecule has 174 valence electrons. The van der Waals surface area contributed by atoms with Crippen LogP contribution in [0.5, 0.6) is 5.75 Å². The molecule has 31 heavy (non-hydrogen) atoms. The van der Waals surface area contributed by atoms with Gasteiger partial charge < -0.3 is 14.7 Å². The van der Waals surface area contributed by atoms with Gasteiger partial charge in [-0.05, 0) is 49.7 Å². The third-order valence-electron chi connectivity index (χ3n) is 5.52. The van der Waals surface area contributed by atoms with Gasteiger partial charge in [0.1, 0.15) is 5.75 Å². The number of rotatable bonds is 16. The monoisotopic (exact) mass is 467 g/mol. The normalized spacial score (nSPS) is 10.8. The summed E-state index contributed by atoms with van der Waals surface area (Å²) in [5, 5.41) is 9.75. The Morgan fingerprint density at radius 3 is 2.13 bits per heavy atom. The van der Waals surface area contributed by atoms with Crippen molar-refractivity contribution in [2.75, 3.05) is 32.8 Å². The Morgan fingerprint density at radius 1 is 0.839 bits per heavy atom. The highest BCUT2D eigenvalue weighted by Crippen LogP contribution is 2.32. The quantitative estimate of drug-likeness (QED) is 0.264. The molecule has 0 aliphatic rings. The van der Waals surface area contributed by atoms with E-state index in [2.05, 4.69) is 24.0 Å². The van der Waals surface area contributed by atoms with Crippen molar-refractivity contribution in [1.29, 1.82) is 0 Å². The molecule has 2 aromatic carbocycles. The highest BCUT2D eigenvalue weighted by atomic mass is 35.5. The summed E-state index contributed by atoms with van der Waals surface area (Å²) in [6.45, 7) is 6.13. The molecule has 0 heterocycles. The molecule has 0 radical (unpaired) electrons. The molecule has 0 bridgehead atoms. The summed E-state index contributed by atoms with van der Waals surface area (Å²) in [6.07, 6.45) is 10.1. The second-order valence-electron chi connectivity index (χ2n) is 7.84. The number of unbranched alkanes of at least 4 members (excludes halogenated alkanes) is 7. The molecule has 1 N–H and O–H groups in total. The SMILES string of the molecule is CCN(CCO)CCCCCCCCCCOc1ccc(Cl)cc1-c1ccccc1.Cl. The summed E-state index contributed by atoms with van der Waals surface area (Å²) >= 11 is 6.20. The molecule has 0 amide bonds. The molecule has 0 aliphatic carbocycles. The van der Waals surface area contributed by atoms with Crippen LogP contribution in [0.4, 0.5) is 0 Å². The first kappa shape index (κ1) is 27.8. The van der Waals surface area contributed by atoms with Crippen molar-refractivity contribution >= 4 is 24.0 Å². The second kappa shape index (κ2) is 17.3. The second-order valence-corrected chi connectivity index (χ2v) is 8.28. The van der Waals surface area contributed by atoms with Gasteiger partial charge in [-0.15, -0.1) is 12.4 Å². The molecule has 0 unspecified atom stereocenters. The number of aliphatic hydroxyl groups is 1. The fourth-order valence-corrected chi connectivity index (χ4v) is 3.89. The molecule has 0 atom stereocenters. The van der Waals surface area contributed by atoms with E-state index in [0.717, 1.165) is 54.6 Å². The maximum atomic E-state index is 9.01. The molecular formula is C26H39Cl2NO2. The van der Waals surface area contributed by atoms with Gasteiger partial charge in [-0.25, -0.2) is 0 Å². The van der Waals surface area contributed by atoms with Crippen LogP contribution in [0.15, 0.2) is 48.5 Å². The van der Waals surface area contributed by atoms with Gasteiger partial charge in [0.25, 0.3) is 0 Å². The van der Waals surface area contributed by atoms with E-state index in [-0.39, 0.29) is 19.0 Å². The number of likely N-dealkylation sites (N-methyl/N-ethyl adjacent to an activating group) is 1. The van der Waals surface area contributed by atoms with Gasteiger partial charge in [-0.3, -0.25) is 0 Å². The van der Waals surface area contributed by atoms with Crippen LogP contribution in [0.3, 0.4) is 0 Å². The van der Waals surface area contributed by atoms with Crippen LogP contribution >= 0.6 is 24.0 Å². The maximum absolute atomic E-state index is 9.01. The summed E-state index contributed by atoms with van der Waals surface area (Å²) in [4.78, 5) is 2.32. The van der Waals surface area contributed by atoms with Crippen LogP contribution in [-0.4, -0.2) is 42.9 Å². The third-order valence-corrected chi connectivity index (χ3v) is 5.75. The molecule has 2 aromatic rings. The van der Waals surface area contributed by atoms with Crippen LogP contribution in [0.1, 0.15) is 58.3 Å². The molecule has 0 saturated carbocycles. The Morgan fingerprint density at radius 2 is 1.48 bits per heavy atom. The van der Waals surface area contributed by atoms with Gasteiger partial charge >= 0.3 is 0 Å². The van der Waals surface area contributed by atoms with E-state index in [4.69, 9.17) is 21.4 Å². The van der Waals surface area contributed by atoms with Crippen molar-refractivity contribution < 1.29 is 9.84 Å². The molecule has 2 rings (SSSR count). The summed E-state index contributed by atoms with van der Waals surface area (Å²) in [6, 6.07) is 16.1. The summed E-state index contributed by atoms with van der Waals surface area (Å²) in [7, 11) is 0. The number of benzene rings is 2. The summed E-state index contributed by atoms with van der Waals surface area (Å²) < 4.78 is 6.08. The fraction of sp³-hybridized carbons (Fsp3) is 0.538. The van der Waals surface area contributed by atoms with Gasteiger partial charge in [0.05, 0.1) is 13.2 Å². The predicted molar refractivity (Wildman–Crippen MR) is 136 cm³/mol. The van der Waals surface area contributed by atoms with Crippen LogP contribution in [0.2, 0.25) is 5.02 Å². The van der Waals surface area contributed by atoms with E-state index in [0.29, 0.717) is 0 Å². The molecule has 3 nitrogen and oxygen atoms in total. The van der Waals surface area contributed by atoms with E-state index in [1.807, 2.05) is 36.4 Å². The van der Waals surface area contributed by atoms with Crippen molar-refractivity contribution in [2.24, 2.45) is 0 Å². The van der Waals surface area contributed by atoms with Crippen LogP contribution in [-0.2, 0) is 0 Å². The van der Waals surface area contributed by atoms with Gasteiger partial charge in [-0.2, -0.15) is 0 Å². The minimum Gasteiger partial charge on any atom is -0.493 e. The standard InChI is InChI=1S/C26H38ClNO2.ClH/c1-2-28(19-20-29)18-12-7-5-3-4-6-8-13-21-30-26-17-16-24(27)22-25(26)23-14-10-9-11-15-23;/h9-11,14-17,22,29H,2-8,12-13,18-21H2,1H3;1H. The first-order valence-corrected chi connectivity index (χ1v) is 11.9. The summed E-state index contributed by atoms with van der Waals surface area (Å²) in [5.41, 5.74) is 2.19. The van der Waals surface area contributed by atoms with E-state index >= 15 is 0 Å². The largest absolute Gasteiger partial charge is 0.493 e. The Bertz CT molecular complexity index is 697. The zero-order valence-electron chi connectivity index (χ0n) is 18.9. The van der Waals surface area contributed by atoms with Crippen molar-refractivity contribution in [1.82, 2.24) is 4.90 Å². The number of nitrogens with zero attached hydrogens (tertiary/aromatic N) is 1. The first-order valence-electron chi connectivity index (χ1n) is 11.6. The molecule has 0 aromatic heterocycles. The van der Waals surface area contributed by atoms with E-state index in [1.54, 1.807) is 0 Å². The van der Waals surface area contributed by atoms with Crippen molar-refractivity contribution in [3.8, 4) is 16.9 Å². The molecule has 5 heteroatoms. The van der Waals surface area contributed by atoms with Crippen LogP contribution < -0.4 is 4.74 Å². The van der Waals surface area contributed by atoms with E-state index in [1.165, 1.54) is 44.9 Å². The molecule has 0 spiro atoms. The predicted octanol–water partition coefficient (Wildman–Crippen LogP) is 7.24. The van der Waals surface area contributed by atoms with Gasteiger partial charge in [0, 0.05) is 17.1 Å². The number of ether oxygens (including phenoxy) is 1. The molecule has 0 saturated heterocycles. The summed E-state index contributed by atoms with van der Waals surface area (Å²) in [5.74, 6) is 0.910. The number of hydrogen-bond acceptors (Lipinski definition) is 3. The Labute approximate surface area is 200 Å². The Balaban J connectivity index is 0.00000480. The Hall–Kier alpha value is -1.26. The number of aliphatic hydroxyl groups excluding tert-OH is 1. The zero-order chi connectivity index (χ0) is 21.4. The fourth-order valence-electron chi connectivity index (χ4n) is 3.72. The first-order chi connectivity index (χ1) is 14.7. The minimum atomic E-state index is 0. The van der Waals surface area contributed by atoms with Gasteiger partial charge in [0.15, 0.2) is 0 Å². The lowest BCUT2D eigenvalue weighted by atomic mass is 10.0. The van der Waals surface area contributed by atoms with Crippen molar-refractivity contribution in [3.05, 3.63) is 53.6 Å². The number of halogens is 2. The van der Waals surface area contributed by atoms with E-state index in [9.17, 15) is 0 Å². The molecule has 0 aliphatic heterocycles. The zero-order valence-corrected chi connectivity index (χ0v) is 20.5. The lowest BCUT2D eigenvalue weighted by Gasteiger charge is -2.18.